The predicted molar refractivity (Wildman–Crippen MR) is 449 cm³/mol. The molecule has 5 heterocycles. The molecule has 5 nitrogen and oxygen atoms in total. The number of hydrogen-bond donors (Lipinski definition) is 0. The lowest BCUT2D eigenvalue weighted by atomic mass is 9.97. The predicted octanol–water partition coefficient (Wildman–Crippen LogP) is 22.9. The lowest BCUT2D eigenvalue weighted by Gasteiger charge is -2.10. The van der Waals surface area contributed by atoms with Crippen LogP contribution in [0.3, 0.4) is 0 Å². The molecule has 0 bridgehead atoms. The Kier molecular flexibility index (Phi) is 20.1. The monoisotopic (exact) mass is 1410 g/mol. The molecular weight excluding hydrogens is 1300 g/mol. The molecule has 0 saturated carbocycles. The van der Waals surface area contributed by atoms with Gasteiger partial charge in [-0.2, -0.15) is 0 Å². The van der Waals surface area contributed by atoms with Crippen molar-refractivity contribution < 1.29 is 39.3 Å². The van der Waals surface area contributed by atoms with Crippen LogP contribution >= 0.6 is 0 Å². The normalized spacial score (nSPS) is 12.8. The average Bonchev–Trinajstić information content (AvgIpc) is 0.775. The maximum atomic E-state index is 7.93. The van der Waals surface area contributed by atoms with E-state index < -0.39 is 27.4 Å². The second-order valence-electron chi connectivity index (χ2n) is 27.7. The van der Waals surface area contributed by atoms with Crippen LogP contribution in [0.5, 0.6) is 0 Å². The van der Waals surface area contributed by atoms with Crippen LogP contribution in [0, 0.1) is 82.8 Å². The van der Waals surface area contributed by atoms with Crippen molar-refractivity contribution in [2.24, 2.45) is 35.2 Å². The Bertz CT molecular complexity index is 6060. The topological polar surface area (TPSA) is 19.4 Å². The number of aryl methyl sites for hydroxylation is 17. The Morgan fingerprint density at radius 2 is 0.467 bits per heavy atom. The Hall–Kier alpha value is -12.1. The molecule has 10 aromatic carbocycles. The molecule has 0 fully saturated rings. The first-order valence-corrected chi connectivity index (χ1v) is 36.2. The van der Waals surface area contributed by atoms with Crippen molar-refractivity contribution >= 4 is 0 Å². The van der Waals surface area contributed by atoms with E-state index in [-0.39, 0.29) is 5.56 Å². The summed E-state index contributed by atoms with van der Waals surface area (Å²) < 4.78 is 103. The largest absolute Gasteiger partial charge is 0.213 e. The molecule has 0 saturated heterocycles. The zero-order valence-electron chi connectivity index (χ0n) is 75.8. The number of rotatable bonds is 10. The van der Waals surface area contributed by atoms with Gasteiger partial charge in [-0.05, 0) is 203 Å². The van der Waals surface area contributed by atoms with Crippen LogP contribution in [0.2, 0.25) is 0 Å². The van der Waals surface area contributed by atoms with E-state index in [1.54, 1.807) is 54.5 Å². The second-order valence-corrected chi connectivity index (χ2v) is 27.7. The van der Waals surface area contributed by atoms with Crippen molar-refractivity contribution in [3.05, 3.63) is 389 Å². The van der Waals surface area contributed by atoms with E-state index in [0.29, 0.717) is 22.3 Å². The maximum Gasteiger partial charge on any atom is 0.213 e. The van der Waals surface area contributed by atoms with E-state index >= 15 is 0 Å². The summed E-state index contributed by atoms with van der Waals surface area (Å²) in [4.78, 5) is 0. The van der Waals surface area contributed by atoms with E-state index in [1.165, 1.54) is 83.7 Å². The minimum Gasteiger partial charge on any atom is -0.201 e. The summed E-state index contributed by atoms with van der Waals surface area (Å²) in [6.07, 6.45) is 9.49. The summed E-state index contributed by atoms with van der Waals surface area (Å²) in [6, 6.07) is 97.4. The van der Waals surface area contributed by atoms with Gasteiger partial charge in [-0.1, -0.05) is 236 Å². The van der Waals surface area contributed by atoms with Crippen molar-refractivity contribution in [1.82, 2.24) is 0 Å². The molecule has 0 atom stereocenters. The molecule has 0 radical (unpaired) electrons. The highest BCUT2D eigenvalue weighted by atomic mass is 14.9. The highest BCUT2D eigenvalue weighted by molar-refractivity contribution is 5.77. The molecule has 5 aromatic heterocycles. The van der Waals surface area contributed by atoms with Gasteiger partial charge in [-0.25, -0.2) is 22.8 Å². The molecule has 0 spiro atoms. The van der Waals surface area contributed by atoms with Gasteiger partial charge in [0, 0.05) is 102 Å². The summed E-state index contributed by atoms with van der Waals surface area (Å²) in [6.45, 7) is 8.20. The molecule has 107 heavy (non-hydrogen) atoms. The summed E-state index contributed by atoms with van der Waals surface area (Å²) in [7, 11) is 9.82. The first-order valence-electron chi connectivity index (χ1n) is 42.2. The fourth-order valence-corrected chi connectivity index (χ4v) is 13.9. The molecule has 0 N–H and O–H groups in total. The first-order chi connectivity index (χ1) is 56.4. The SMILES string of the molecule is Cc1c[n+](C)c(-c2ccccc2C)cc1-c1ccccc1.Cc1ccc(-c2cc(-c3ccccc3)c(C)c[n+]2C)c(C)c1.[2H]C([2H])([2H])c1c[n+](C)c(-c2ccccc2C)cc1-c1ccccc1.[2H]C([2H])([2H])c1ccc(-c2cc(-c3ccccc3)c(C([2H])([2H])[2H])c[n+]2C)c(C)c1.[2H]C([2H])([2H])c1ccc(-c2ccc(-c3ccccc3)cc2C)[n+](C)c1. The van der Waals surface area contributed by atoms with E-state index in [9.17, 15) is 0 Å². The molecule has 0 aliphatic carbocycles. The molecule has 0 aliphatic heterocycles. The molecule has 15 aromatic rings. The van der Waals surface area contributed by atoms with Crippen LogP contribution in [-0.4, -0.2) is 0 Å². The quantitative estimate of drug-likeness (QED) is 0.122. The Morgan fingerprint density at radius 3 is 0.822 bits per heavy atom. The van der Waals surface area contributed by atoms with E-state index in [2.05, 4.69) is 242 Å². The molecule has 15 rings (SSSR count). The smallest absolute Gasteiger partial charge is 0.201 e. The summed E-state index contributed by atoms with van der Waals surface area (Å²) >= 11 is 0. The minimum atomic E-state index is -2.25. The molecule has 5 heteroatoms. The lowest BCUT2D eigenvalue weighted by Crippen LogP contribution is -2.31. The number of benzene rings is 10. The fraction of sp³-hybridized carbons (Fsp3) is 0.167. The molecule has 532 valence electrons. The van der Waals surface area contributed by atoms with Crippen molar-refractivity contribution in [3.63, 3.8) is 0 Å². The third-order valence-corrected chi connectivity index (χ3v) is 19.6. The van der Waals surface area contributed by atoms with Crippen molar-refractivity contribution in [2.45, 2.75) is 82.8 Å². The van der Waals surface area contributed by atoms with Crippen molar-refractivity contribution in [3.8, 4) is 112 Å². The highest BCUT2D eigenvalue weighted by Gasteiger charge is 2.22. The molecule has 0 amide bonds. The van der Waals surface area contributed by atoms with Crippen molar-refractivity contribution in [2.75, 3.05) is 0 Å². The molecule has 0 aliphatic rings. The van der Waals surface area contributed by atoms with Gasteiger partial charge in [-0.15, -0.1) is 0 Å². The van der Waals surface area contributed by atoms with Gasteiger partial charge in [0.25, 0.3) is 0 Å². The van der Waals surface area contributed by atoms with E-state index in [0.717, 1.165) is 67.2 Å². The van der Waals surface area contributed by atoms with Crippen LogP contribution in [0.1, 0.15) is 83.2 Å². The van der Waals surface area contributed by atoms with Gasteiger partial charge in [0.05, 0.1) is 0 Å². The van der Waals surface area contributed by atoms with Gasteiger partial charge in [-0.3, -0.25) is 0 Å². The molecular formula is C102H104N5+5. The fourth-order valence-electron chi connectivity index (χ4n) is 13.9. The van der Waals surface area contributed by atoms with E-state index in [1.807, 2.05) is 139 Å². The maximum absolute atomic E-state index is 7.93. The lowest BCUT2D eigenvalue weighted by molar-refractivity contribution is -0.660. The zero-order chi connectivity index (χ0) is 85.8. The first kappa shape index (κ1) is 61.3. The van der Waals surface area contributed by atoms with Gasteiger partial charge >= 0.3 is 0 Å². The highest BCUT2D eigenvalue weighted by Crippen LogP contribution is 2.34. The van der Waals surface area contributed by atoms with Gasteiger partial charge in [0.2, 0.25) is 28.5 Å². The standard InChI is InChI=1S/2C21H22N.3C20H20N/c2*1-15-10-11-19(16(2)12-15)21-13-20(17(3)14-22(21)4)18-8-6-5-7-9-18;2*1-15-9-7-8-12-18(15)20-13-19(16(2)14-21(20)3)17-10-5-4-6-11-17;1-15-9-12-20(21(3)14-15)19-11-10-18(13-16(19)2)17-7-5-4-6-8-17/h2*5-14H,1-4H3;3*4-14H,1-3H3/q5*+1/i1D3,3D3;;2D3;;1D3. The van der Waals surface area contributed by atoms with Crippen LogP contribution in [-0.2, 0) is 35.2 Å². The number of hydrogen-bond acceptors (Lipinski definition) is 0. The van der Waals surface area contributed by atoms with Crippen LogP contribution in [0.25, 0.3) is 112 Å². The summed E-state index contributed by atoms with van der Waals surface area (Å²) in [5, 5.41) is 0. The Morgan fingerprint density at radius 1 is 0.178 bits per heavy atom. The number of pyridine rings is 5. The number of aromatic nitrogens is 5. The van der Waals surface area contributed by atoms with Crippen LogP contribution in [0.15, 0.2) is 322 Å². The van der Waals surface area contributed by atoms with Crippen molar-refractivity contribution in [1.29, 1.82) is 0 Å². The average molecular weight is 1410 g/mol. The third kappa shape index (κ3) is 18.7. The zero-order valence-corrected chi connectivity index (χ0v) is 63.8. The van der Waals surface area contributed by atoms with Crippen LogP contribution in [0.4, 0.5) is 0 Å². The van der Waals surface area contributed by atoms with Gasteiger partial charge < -0.3 is 0 Å². The van der Waals surface area contributed by atoms with E-state index in [4.69, 9.17) is 16.4 Å². The van der Waals surface area contributed by atoms with Gasteiger partial charge in [0.15, 0.2) is 31.0 Å². The Balaban J connectivity index is 0.000000146. The second kappa shape index (κ2) is 35.2. The number of nitrogens with zero attached hydrogens (tertiary/aromatic N) is 5. The van der Waals surface area contributed by atoms with Gasteiger partial charge in [0.1, 0.15) is 35.2 Å². The summed E-state index contributed by atoms with van der Waals surface area (Å²) in [5.74, 6) is 0. The minimum absolute atomic E-state index is 0.279. The Labute approximate surface area is 654 Å². The van der Waals surface area contributed by atoms with Crippen LogP contribution < -0.4 is 22.8 Å². The molecule has 0 unspecified atom stereocenters. The summed E-state index contributed by atoms with van der Waals surface area (Å²) in [5.41, 5.74) is 32.6. The third-order valence-electron chi connectivity index (χ3n) is 19.6.